The zero-order chi connectivity index (χ0) is 12.3. The minimum atomic E-state index is -0.203. The van der Waals surface area contributed by atoms with E-state index in [4.69, 9.17) is 5.26 Å². The monoisotopic (exact) mass is 233 g/mol. The van der Waals surface area contributed by atoms with Gasteiger partial charge in [-0.1, -0.05) is 0 Å². The van der Waals surface area contributed by atoms with Gasteiger partial charge in [-0.15, -0.1) is 0 Å². The molecule has 6 heteroatoms. The summed E-state index contributed by atoms with van der Waals surface area (Å²) in [5.41, 5.74) is 0.824. The average molecular weight is 233 g/mol. The van der Waals surface area contributed by atoms with Gasteiger partial charge in [0.2, 0.25) is 0 Å². The summed E-state index contributed by atoms with van der Waals surface area (Å²) in [4.78, 5) is 11.6. The van der Waals surface area contributed by atoms with Gasteiger partial charge in [0.05, 0.1) is 24.7 Å². The van der Waals surface area contributed by atoms with Gasteiger partial charge in [0.15, 0.2) is 0 Å². The molecule has 0 radical (unpaired) electrons. The van der Waals surface area contributed by atoms with Crippen LogP contribution in [0.1, 0.15) is 25.0 Å². The SMILES string of the molecule is Cc1cc(NC(=O)NC2CC2)n(CCC#N)n1. The van der Waals surface area contributed by atoms with Gasteiger partial charge < -0.3 is 5.32 Å². The highest BCUT2D eigenvalue weighted by molar-refractivity contribution is 5.88. The third-order valence-electron chi connectivity index (χ3n) is 2.49. The van der Waals surface area contributed by atoms with E-state index in [1.54, 1.807) is 10.7 Å². The van der Waals surface area contributed by atoms with Crippen LogP contribution in [0.15, 0.2) is 6.07 Å². The molecule has 2 amide bonds. The number of anilines is 1. The van der Waals surface area contributed by atoms with E-state index in [-0.39, 0.29) is 6.03 Å². The van der Waals surface area contributed by atoms with E-state index in [0.717, 1.165) is 18.5 Å². The first kappa shape index (κ1) is 11.5. The van der Waals surface area contributed by atoms with Crippen molar-refractivity contribution in [2.75, 3.05) is 5.32 Å². The van der Waals surface area contributed by atoms with Crippen LogP contribution < -0.4 is 10.6 Å². The number of amides is 2. The molecule has 1 heterocycles. The van der Waals surface area contributed by atoms with E-state index in [1.165, 1.54) is 0 Å². The summed E-state index contributed by atoms with van der Waals surface area (Å²) in [5.74, 6) is 0.635. The Morgan fingerprint density at radius 3 is 3.12 bits per heavy atom. The largest absolute Gasteiger partial charge is 0.335 e. The lowest BCUT2D eigenvalue weighted by atomic mass is 10.4. The molecule has 1 aliphatic carbocycles. The molecule has 0 saturated heterocycles. The normalized spacial score (nSPS) is 14.1. The van der Waals surface area contributed by atoms with Gasteiger partial charge in [0.1, 0.15) is 5.82 Å². The van der Waals surface area contributed by atoms with Gasteiger partial charge in [-0.3, -0.25) is 5.32 Å². The van der Waals surface area contributed by atoms with Gasteiger partial charge in [0.25, 0.3) is 0 Å². The van der Waals surface area contributed by atoms with Crippen molar-refractivity contribution in [1.29, 1.82) is 5.26 Å². The smallest absolute Gasteiger partial charge is 0.320 e. The minimum absolute atomic E-state index is 0.203. The maximum Gasteiger partial charge on any atom is 0.320 e. The minimum Gasteiger partial charge on any atom is -0.335 e. The van der Waals surface area contributed by atoms with Crippen molar-refractivity contribution in [1.82, 2.24) is 15.1 Å². The van der Waals surface area contributed by atoms with Gasteiger partial charge in [-0.25, -0.2) is 9.48 Å². The van der Waals surface area contributed by atoms with Crippen molar-refractivity contribution >= 4 is 11.8 Å². The molecule has 1 aliphatic rings. The number of urea groups is 1. The molecule has 0 bridgehead atoms. The second kappa shape index (κ2) is 4.87. The predicted octanol–water partition coefficient (Wildman–Crippen LogP) is 1.39. The van der Waals surface area contributed by atoms with E-state index >= 15 is 0 Å². The molecule has 1 saturated carbocycles. The van der Waals surface area contributed by atoms with E-state index in [2.05, 4.69) is 21.8 Å². The van der Waals surface area contributed by atoms with Gasteiger partial charge >= 0.3 is 6.03 Å². The van der Waals surface area contributed by atoms with Crippen LogP contribution in [0.2, 0.25) is 0 Å². The van der Waals surface area contributed by atoms with Crippen LogP contribution in [0.3, 0.4) is 0 Å². The van der Waals surface area contributed by atoms with Crippen molar-refractivity contribution in [2.24, 2.45) is 0 Å². The zero-order valence-corrected chi connectivity index (χ0v) is 9.73. The Morgan fingerprint density at radius 2 is 2.47 bits per heavy atom. The van der Waals surface area contributed by atoms with Crippen LogP contribution in [0, 0.1) is 18.3 Å². The predicted molar refractivity (Wildman–Crippen MR) is 62.4 cm³/mol. The summed E-state index contributed by atoms with van der Waals surface area (Å²) >= 11 is 0. The third-order valence-corrected chi connectivity index (χ3v) is 2.49. The number of aryl methyl sites for hydroxylation is 2. The maximum absolute atomic E-state index is 11.6. The fraction of sp³-hybridized carbons (Fsp3) is 0.545. The third kappa shape index (κ3) is 3.21. The topological polar surface area (TPSA) is 82.7 Å². The van der Waals surface area contributed by atoms with Crippen LogP contribution in [-0.4, -0.2) is 21.9 Å². The Labute approximate surface area is 99.6 Å². The number of carbonyl (C=O) groups is 1. The maximum atomic E-state index is 11.6. The molecule has 0 aromatic carbocycles. The summed E-state index contributed by atoms with van der Waals surface area (Å²) in [6.45, 7) is 2.34. The summed E-state index contributed by atoms with van der Waals surface area (Å²) in [6, 6.07) is 3.98. The first-order chi connectivity index (χ1) is 8.19. The highest BCUT2D eigenvalue weighted by Crippen LogP contribution is 2.19. The lowest BCUT2D eigenvalue weighted by molar-refractivity contribution is 0.251. The second-order valence-corrected chi connectivity index (χ2v) is 4.17. The standard InChI is InChI=1S/C11H15N5O/c1-8-7-10(16(15-8)6-2-5-12)14-11(17)13-9-3-4-9/h7,9H,2-4,6H2,1H3,(H2,13,14,17). The van der Waals surface area contributed by atoms with Crippen LogP contribution >= 0.6 is 0 Å². The van der Waals surface area contributed by atoms with Crippen LogP contribution in [-0.2, 0) is 6.54 Å². The molecule has 2 rings (SSSR count). The molecule has 1 aromatic rings. The van der Waals surface area contributed by atoms with Crippen molar-refractivity contribution in [3.63, 3.8) is 0 Å². The Morgan fingerprint density at radius 1 is 1.71 bits per heavy atom. The highest BCUT2D eigenvalue weighted by atomic mass is 16.2. The van der Waals surface area contributed by atoms with E-state index < -0.39 is 0 Å². The Hall–Kier alpha value is -2.03. The molecule has 2 N–H and O–H groups in total. The van der Waals surface area contributed by atoms with Gasteiger partial charge in [-0.2, -0.15) is 10.4 Å². The van der Waals surface area contributed by atoms with Crippen molar-refractivity contribution in [3.05, 3.63) is 11.8 Å². The first-order valence-electron chi connectivity index (χ1n) is 5.68. The molecule has 90 valence electrons. The van der Waals surface area contributed by atoms with Crippen LogP contribution in [0.5, 0.6) is 0 Å². The Bertz CT molecular complexity index is 455. The number of nitrogens with zero attached hydrogens (tertiary/aromatic N) is 3. The van der Waals surface area contributed by atoms with Crippen molar-refractivity contribution < 1.29 is 4.79 Å². The number of hydrogen-bond acceptors (Lipinski definition) is 3. The summed E-state index contributed by atoms with van der Waals surface area (Å²) in [6.07, 6.45) is 2.49. The number of rotatable bonds is 4. The molecule has 17 heavy (non-hydrogen) atoms. The summed E-state index contributed by atoms with van der Waals surface area (Å²) in [5, 5.41) is 18.4. The van der Waals surface area contributed by atoms with Crippen LogP contribution in [0.25, 0.3) is 0 Å². The van der Waals surface area contributed by atoms with Crippen LogP contribution in [0.4, 0.5) is 10.6 Å². The van der Waals surface area contributed by atoms with Crippen molar-refractivity contribution in [2.45, 2.75) is 38.8 Å². The zero-order valence-electron chi connectivity index (χ0n) is 9.73. The molecule has 1 fully saturated rings. The highest BCUT2D eigenvalue weighted by Gasteiger charge is 2.23. The van der Waals surface area contributed by atoms with E-state index in [9.17, 15) is 4.79 Å². The Kier molecular flexibility index (Phi) is 3.28. The van der Waals surface area contributed by atoms with E-state index in [0.29, 0.717) is 24.8 Å². The fourth-order valence-corrected chi connectivity index (χ4v) is 1.54. The van der Waals surface area contributed by atoms with Gasteiger partial charge in [-0.05, 0) is 19.8 Å². The summed E-state index contributed by atoms with van der Waals surface area (Å²) < 4.78 is 1.64. The average Bonchev–Trinajstić information content (AvgIpc) is 3.00. The number of carbonyl (C=O) groups excluding carboxylic acids is 1. The molecule has 0 aliphatic heterocycles. The summed E-state index contributed by atoms with van der Waals surface area (Å²) in [7, 11) is 0. The van der Waals surface area contributed by atoms with Crippen molar-refractivity contribution in [3.8, 4) is 6.07 Å². The molecular weight excluding hydrogens is 218 g/mol. The quantitative estimate of drug-likeness (QED) is 0.824. The van der Waals surface area contributed by atoms with Gasteiger partial charge in [0, 0.05) is 12.1 Å². The lowest BCUT2D eigenvalue weighted by Gasteiger charge is -2.08. The second-order valence-electron chi connectivity index (χ2n) is 4.17. The fourth-order valence-electron chi connectivity index (χ4n) is 1.54. The molecule has 0 spiro atoms. The Balaban J connectivity index is 1.97. The molecule has 6 nitrogen and oxygen atoms in total. The first-order valence-corrected chi connectivity index (χ1v) is 5.68. The number of nitrogens with one attached hydrogen (secondary N) is 2. The molecule has 1 aromatic heterocycles. The molecule has 0 atom stereocenters. The van der Waals surface area contributed by atoms with E-state index in [1.807, 2.05) is 6.92 Å². The number of nitriles is 1. The lowest BCUT2D eigenvalue weighted by Crippen LogP contribution is -2.31. The number of aromatic nitrogens is 2. The number of hydrogen-bond donors (Lipinski definition) is 2. The molecular formula is C11H15N5O. The molecule has 0 unspecified atom stereocenters.